The summed E-state index contributed by atoms with van der Waals surface area (Å²) in [7, 11) is 0. The molecule has 1 atom stereocenters. The molecule has 1 unspecified atom stereocenters. The standard InChI is InChI=1S/C15H23N3O.HI/c1-2-16-15(18-12-14-9-6-10-19-14)17-11-13-7-4-3-5-8-13;/h3-5,7-8,14H,2,6,9-12H2,1H3,(H2,16,17,18);1H. The largest absolute Gasteiger partial charge is 0.376 e. The lowest BCUT2D eigenvalue weighted by atomic mass is 10.2. The number of benzene rings is 1. The predicted octanol–water partition coefficient (Wildman–Crippen LogP) is 2.54. The third-order valence-corrected chi connectivity index (χ3v) is 3.13. The van der Waals surface area contributed by atoms with Crippen molar-refractivity contribution in [3.8, 4) is 0 Å². The Morgan fingerprint density at radius 3 is 2.75 bits per heavy atom. The van der Waals surface area contributed by atoms with E-state index in [4.69, 9.17) is 4.74 Å². The quantitative estimate of drug-likeness (QED) is 0.462. The van der Waals surface area contributed by atoms with Crippen LogP contribution in [0.4, 0.5) is 0 Å². The highest BCUT2D eigenvalue weighted by Gasteiger charge is 2.15. The number of hydrogen-bond donors (Lipinski definition) is 2. The lowest BCUT2D eigenvalue weighted by Crippen LogP contribution is -2.41. The molecule has 0 amide bonds. The first kappa shape index (κ1) is 17.2. The van der Waals surface area contributed by atoms with Crippen LogP contribution in [0.5, 0.6) is 0 Å². The number of halogens is 1. The van der Waals surface area contributed by atoms with Crippen LogP contribution in [0.2, 0.25) is 0 Å². The molecule has 0 aliphatic carbocycles. The van der Waals surface area contributed by atoms with Gasteiger partial charge in [-0.05, 0) is 25.3 Å². The maximum Gasteiger partial charge on any atom is 0.191 e. The van der Waals surface area contributed by atoms with Crippen molar-refractivity contribution in [2.75, 3.05) is 19.7 Å². The summed E-state index contributed by atoms with van der Waals surface area (Å²) < 4.78 is 5.60. The van der Waals surface area contributed by atoms with E-state index in [-0.39, 0.29) is 24.0 Å². The molecular weight excluding hydrogens is 365 g/mol. The van der Waals surface area contributed by atoms with E-state index in [9.17, 15) is 0 Å². The summed E-state index contributed by atoms with van der Waals surface area (Å²) in [4.78, 5) is 4.58. The van der Waals surface area contributed by atoms with Gasteiger partial charge >= 0.3 is 0 Å². The molecule has 0 spiro atoms. The third kappa shape index (κ3) is 6.09. The average Bonchev–Trinajstić information content (AvgIpc) is 2.96. The van der Waals surface area contributed by atoms with E-state index in [1.54, 1.807) is 0 Å². The highest BCUT2D eigenvalue weighted by atomic mass is 127. The number of nitrogens with zero attached hydrogens (tertiary/aromatic N) is 1. The predicted molar refractivity (Wildman–Crippen MR) is 93.6 cm³/mol. The summed E-state index contributed by atoms with van der Waals surface area (Å²) in [5.41, 5.74) is 1.22. The summed E-state index contributed by atoms with van der Waals surface area (Å²) in [6.45, 7) is 5.37. The third-order valence-electron chi connectivity index (χ3n) is 3.13. The molecule has 1 fully saturated rings. The Bertz CT molecular complexity index is 391. The Morgan fingerprint density at radius 1 is 1.30 bits per heavy atom. The van der Waals surface area contributed by atoms with Crippen molar-refractivity contribution in [2.45, 2.75) is 32.4 Å². The molecule has 1 aliphatic heterocycles. The zero-order chi connectivity index (χ0) is 13.3. The fourth-order valence-electron chi connectivity index (χ4n) is 2.11. The lowest BCUT2D eigenvalue weighted by Gasteiger charge is -2.14. The summed E-state index contributed by atoms with van der Waals surface area (Å²) in [6.07, 6.45) is 2.65. The molecular formula is C15H24IN3O. The van der Waals surface area contributed by atoms with E-state index in [0.717, 1.165) is 32.1 Å². The van der Waals surface area contributed by atoms with Crippen molar-refractivity contribution in [3.63, 3.8) is 0 Å². The molecule has 4 nitrogen and oxygen atoms in total. The normalized spacial score (nSPS) is 18.4. The molecule has 112 valence electrons. The Hall–Kier alpha value is -0.820. The van der Waals surface area contributed by atoms with Crippen molar-refractivity contribution in [3.05, 3.63) is 35.9 Å². The molecule has 2 rings (SSSR count). The van der Waals surface area contributed by atoms with E-state index in [1.165, 1.54) is 12.0 Å². The van der Waals surface area contributed by atoms with Crippen molar-refractivity contribution >= 4 is 29.9 Å². The lowest BCUT2D eigenvalue weighted by molar-refractivity contribution is 0.114. The molecule has 2 N–H and O–H groups in total. The van der Waals surface area contributed by atoms with Crippen LogP contribution in [0, 0.1) is 0 Å². The van der Waals surface area contributed by atoms with Crippen molar-refractivity contribution < 1.29 is 4.74 Å². The van der Waals surface area contributed by atoms with Gasteiger partial charge in [0.2, 0.25) is 0 Å². The molecule has 1 aromatic carbocycles. The van der Waals surface area contributed by atoms with Crippen LogP contribution in [-0.4, -0.2) is 31.8 Å². The van der Waals surface area contributed by atoms with Gasteiger partial charge in [-0.3, -0.25) is 0 Å². The van der Waals surface area contributed by atoms with Gasteiger partial charge in [-0.25, -0.2) is 4.99 Å². The number of guanidine groups is 1. The van der Waals surface area contributed by atoms with Crippen molar-refractivity contribution in [2.24, 2.45) is 4.99 Å². The van der Waals surface area contributed by atoms with Gasteiger partial charge in [-0.1, -0.05) is 30.3 Å². The van der Waals surface area contributed by atoms with Crippen LogP contribution in [0.3, 0.4) is 0 Å². The molecule has 1 heterocycles. The Labute approximate surface area is 138 Å². The van der Waals surface area contributed by atoms with Crippen LogP contribution in [0.25, 0.3) is 0 Å². The number of aliphatic imine (C=N–C) groups is 1. The van der Waals surface area contributed by atoms with Gasteiger partial charge in [0.1, 0.15) is 0 Å². The van der Waals surface area contributed by atoms with E-state index in [2.05, 4.69) is 34.7 Å². The molecule has 1 saturated heterocycles. The van der Waals surface area contributed by atoms with Crippen molar-refractivity contribution in [1.29, 1.82) is 0 Å². The van der Waals surface area contributed by atoms with Crippen LogP contribution in [-0.2, 0) is 11.3 Å². The summed E-state index contributed by atoms with van der Waals surface area (Å²) in [5, 5.41) is 6.61. The fraction of sp³-hybridized carbons (Fsp3) is 0.533. The van der Waals surface area contributed by atoms with Crippen molar-refractivity contribution in [1.82, 2.24) is 10.6 Å². The molecule has 20 heavy (non-hydrogen) atoms. The van der Waals surface area contributed by atoms with Crippen LogP contribution >= 0.6 is 24.0 Å². The van der Waals surface area contributed by atoms with Gasteiger partial charge < -0.3 is 15.4 Å². The first-order valence-electron chi connectivity index (χ1n) is 7.06. The van der Waals surface area contributed by atoms with Gasteiger partial charge in [0, 0.05) is 19.7 Å². The minimum Gasteiger partial charge on any atom is -0.376 e. The van der Waals surface area contributed by atoms with Gasteiger partial charge in [0.15, 0.2) is 5.96 Å². The SMILES string of the molecule is CCNC(=NCc1ccccc1)NCC1CCCO1.I. The number of ether oxygens (including phenoxy) is 1. The summed E-state index contributed by atoms with van der Waals surface area (Å²) >= 11 is 0. The second-order valence-corrected chi connectivity index (χ2v) is 4.70. The second kappa shape index (κ2) is 9.99. The molecule has 0 aromatic heterocycles. The molecule has 1 aromatic rings. The number of hydrogen-bond acceptors (Lipinski definition) is 2. The van der Waals surface area contributed by atoms with E-state index in [1.807, 2.05) is 18.2 Å². The Balaban J connectivity index is 0.00000200. The average molecular weight is 389 g/mol. The zero-order valence-corrected chi connectivity index (χ0v) is 14.3. The summed E-state index contributed by atoms with van der Waals surface area (Å²) in [5.74, 6) is 0.863. The highest BCUT2D eigenvalue weighted by molar-refractivity contribution is 14.0. The van der Waals surface area contributed by atoms with Crippen LogP contribution in [0.1, 0.15) is 25.3 Å². The molecule has 0 bridgehead atoms. The van der Waals surface area contributed by atoms with Gasteiger partial charge in [-0.15, -0.1) is 24.0 Å². The van der Waals surface area contributed by atoms with Gasteiger partial charge in [0.05, 0.1) is 12.6 Å². The molecule has 0 saturated carbocycles. The maximum absolute atomic E-state index is 5.60. The van der Waals surface area contributed by atoms with Crippen LogP contribution in [0.15, 0.2) is 35.3 Å². The van der Waals surface area contributed by atoms with E-state index >= 15 is 0 Å². The first-order chi connectivity index (χ1) is 9.38. The smallest absolute Gasteiger partial charge is 0.191 e. The Kier molecular flexibility index (Phi) is 8.60. The zero-order valence-electron chi connectivity index (χ0n) is 12.0. The topological polar surface area (TPSA) is 45.7 Å². The minimum absolute atomic E-state index is 0. The Morgan fingerprint density at radius 2 is 2.10 bits per heavy atom. The van der Waals surface area contributed by atoms with Gasteiger partial charge in [0.25, 0.3) is 0 Å². The number of nitrogens with one attached hydrogen (secondary N) is 2. The minimum atomic E-state index is 0. The number of rotatable bonds is 5. The second-order valence-electron chi connectivity index (χ2n) is 4.70. The fourth-order valence-corrected chi connectivity index (χ4v) is 2.11. The summed E-state index contributed by atoms with van der Waals surface area (Å²) in [6, 6.07) is 10.3. The first-order valence-corrected chi connectivity index (χ1v) is 7.06. The van der Waals surface area contributed by atoms with E-state index < -0.39 is 0 Å². The maximum atomic E-state index is 5.60. The molecule has 1 aliphatic rings. The van der Waals surface area contributed by atoms with Crippen LogP contribution < -0.4 is 10.6 Å². The molecule has 5 heteroatoms. The van der Waals surface area contributed by atoms with Gasteiger partial charge in [-0.2, -0.15) is 0 Å². The molecule has 0 radical (unpaired) electrons. The van der Waals surface area contributed by atoms with E-state index in [0.29, 0.717) is 12.6 Å². The highest BCUT2D eigenvalue weighted by Crippen LogP contribution is 2.10. The monoisotopic (exact) mass is 389 g/mol.